The van der Waals surface area contributed by atoms with Crippen LogP contribution in [-0.2, 0) is 0 Å². The van der Waals surface area contributed by atoms with Crippen LogP contribution in [0.2, 0.25) is 5.15 Å². The first kappa shape index (κ1) is 9.99. The molecule has 1 aliphatic rings. The highest BCUT2D eigenvalue weighted by molar-refractivity contribution is 6.29. The smallest absolute Gasteiger partial charge is 0.178 e. The van der Waals surface area contributed by atoms with Gasteiger partial charge >= 0.3 is 0 Å². The summed E-state index contributed by atoms with van der Waals surface area (Å²) in [4.78, 5) is 0. The minimum Gasteiger partial charge on any atom is -0.316 e. The highest BCUT2D eigenvalue weighted by atomic mass is 35.5. The molecule has 5 nitrogen and oxygen atoms in total. The Bertz CT molecular complexity index is 503. The first-order valence-electron chi connectivity index (χ1n) is 5.43. The number of piperidine rings is 1. The molecule has 0 aliphatic carbocycles. The minimum absolute atomic E-state index is 0.384. The lowest BCUT2D eigenvalue weighted by Crippen LogP contribution is -2.29. The molecule has 1 N–H and O–H groups in total. The third-order valence-electron chi connectivity index (χ3n) is 2.92. The third kappa shape index (κ3) is 1.66. The van der Waals surface area contributed by atoms with Gasteiger partial charge in [0.2, 0.25) is 0 Å². The molecule has 0 bridgehead atoms. The normalized spacial score (nSPS) is 21.4. The van der Waals surface area contributed by atoms with Gasteiger partial charge in [0.05, 0.1) is 0 Å². The quantitative estimate of drug-likeness (QED) is 0.811. The maximum absolute atomic E-state index is 5.88. The lowest BCUT2D eigenvalue weighted by Gasteiger charge is -2.20. The third-order valence-corrected chi connectivity index (χ3v) is 3.12. The highest BCUT2D eigenvalue weighted by Gasteiger charge is 2.21. The number of fused-ring (bicyclic) bond motifs is 1. The van der Waals surface area contributed by atoms with Crippen molar-refractivity contribution in [3.63, 3.8) is 0 Å². The maximum atomic E-state index is 5.88. The molecule has 0 amide bonds. The summed E-state index contributed by atoms with van der Waals surface area (Å²) in [7, 11) is 0. The van der Waals surface area contributed by atoms with Crippen LogP contribution in [0.3, 0.4) is 0 Å². The Morgan fingerprint density at radius 1 is 1.38 bits per heavy atom. The topological polar surface area (TPSA) is 55.1 Å². The molecular weight excluding hydrogens is 226 g/mol. The largest absolute Gasteiger partial charge is 0.316 e. The van der Waals surface area contributed by atoms with Crippen molar-refractivity contribution in [3.05, 3.63) is 23.1 Å². The number of halogens is 1. The Balaban J connectivity index is 2.05. The number of nitrogens with zero attached hydrogens (tertiary/aromatic N) is 4. The molecule has 1 aliphatic heterocycles. The zero-order valence-electron chi connectivity index (χ0n) is 8.73. The molecule has 84 valence electrons. The van der Waals surface area contributed by atoms with Crippen molar-refractivity contribution in [2.75, 3.05) is 13.1 Å². The van der Waals surface area contributed by atoms with Crippen LogP contribution in [0.4, 0.5) is 0 Å². The lowest BCUT2D eigenvalue weighted by molar-refractivity contribution is 0.440. The van der Waals surface area contributed by atoms with E-state index in [4.69, 9.17) is 11.6 Å². The molecule has 3 heterocycles. The second-order valence-corrected chi connectivity index (χ2v) is 4.41. The van der Waals surface area contributed by atoms with Gasteiger partial charge in [-0.15, -0.1) is 10.2 Å². The summed E-state index contributed by atoms with van der Waals surface area (Å²) in [5.41, 5.74) is 0.755. The van der Waals surface area contributed by atoms with Gasteiger partial charge in [0, 0.05) is 12.5 Å². The van der Waals surface area contributed by atoms with Gasteiger partial charge in [0.1, 0.15) is 5.15 Å². The Kier molecular flexibility index (Phi) is 2.49. The van der Waals surface area contributed by atoms with Crippen molar-refractivity contribution < 1.29 is 0 Å². The maximum Gasteiger partial charge on any atom is 0.178 e. The molecule has 16 heavy (non-hydrogen) atoms. The molecule has 1 atom stereocenters. The summed E-state index contributed by atoms with van der Waals surface area (Å²) in [6.07, 6.45) is 2.29. The lowest BCUT2D eigenvalue weighted by atomic mass is 9.99. The highest BCUT2D eigenvalue weighted by Crippen LogP contribution is 2.21. The zero-order chi connectivity index (χ0) is 11.0. The van der Waals surface area contributed by atoms with E-state index in [1.54, 1.807) is 10.6 Å². The average Bonchev–Trinajstić information content (AvgIpc) is 2.73. The van der Waals surface area contributed by atoms with Crippen LogP contribution < -0.4 is 5.32 Å². The van der Waals surface area contributed by atoms with Crippen LogP contribution in [-0.4, -0.2) is 32.9 Å². The fourth-order valence-electron chi connectivity index (χ4n) is 2.11. The van der Waals surface area contributed by atoms with Gasteiger partial charge in [-0.2, -0.15) is 9.61 Å². The van der Waals surface area contributed by atoms with Crippen LogP contribution in [0.1, 0.15) is 24.6 Å². The average molecular weight is 238 g/mol. The predicted octanol–water partition coefficient (Wildman–Crippen LogP) is 1.24. The molecule has 1 fully saturated rings. The summed E-state index contributed by atoms with van der Waals surface area (Å²) in [6, 6.07) is 3.57. The van der Waals surface area contributed by atoms with E-state index in [1.165, 1.54) is 6.42 Å². The number of hydrogen-bond acceptors (Lipinski definition) is 4. The predicted molar refractivity (Wildman–Crippen MR) is 60.6 cm³/mol. The van der Waals surface area contributed by atoms with E-state index in [0.717, 1.165) is 31.0 Å². The van der Waals surface area contributed by atoms with E-state index in [9.17, 15) is 0 Å². The van der Waals surface area contributed by atoms with Crippen molar-refractivity contribution in [3.8, 4) is 0 Å². The monoisotopic (exact) mass is 237 g/mol. The van der Waals surface area contributed by atoms with Gasteiger partial charge in [-0.3, -0.25) is 0 Å². The number of aromatic nitrogens is 4. The number of nitrogens with one attached hydrogen (secondary N) is 1. The minimum atomic E-state index is 0.384. The van der Waals surface area contributed by atoms with Gasteiger partial charge in [0.25, 0.3) is 0 Å². The van der Waals surface area contributed by atoms with Gasteiger partial charge in [-0.1, -0.05) is 11.6 Å². The summed E-state index contributed by atoms with van der Waals surface area (Å²) in [5, 5.41) is 16.4. The van der Waals surface area contributed by atoms with Crippen molar-refractivity contribution in [1.82, 2.24) is 25.1 Å². The Hall–Kier alpha value is -1.20. The van der Waals surface area contributed by atoms with Crippen LogP contribution in [0, 0.1) is 0 Å². The van der Waals surface area contributed by atoms with E-state index in [-0.39, 0.29) is 0 Å². The van der Waals surface area contributed by atoms with Gasteiger partial charge in [-0.05, 0) is 31.5 Å². The summed E-state index contributed by atoms with van der Waals surface area (Å²) >= 11 is 5.88. The molecular formula is C10H12ClN5. The van der Waals surface area contributed by atoms with Crippen LogP contribution in [0.15, 0.2) is 12.1 Å². The fraction of sp³-hybridized carbons (Fsp3) is 0.500. The first-order valence-corrected chi connectivity index (χ1v) is 5.81. The van der Waals surface area contributed by atoms with E-state index < -0.39 is 0 Å². The Labute approximate surface area is 97.8 Å². The first-order chi connectivity index (χ1) is 7.84. The molecule has 1 unspecified atom stereocenters. The standard InChI is InChI=1S/C10H12ClN5/c11-8-3-4-9-13-14-10(16(9)15-8)7-2-1-5-12-6-7/h3-4,7,12H,1-2,5-6H2. The van der Waals surface area contributed by atoms with E-state index in [0.29, 0.717) is 11.1 Å². The Morgan fingerprint density at radius 2 is 2.31 bits per heavy atom. The fourth-order valence-corrected chi connectivity index (χ4v) is 2.25. The van der Waals surface area contributed by atoms with Crippen LogP contribution in [0.25, 0.3) is 5.65 Å². The van der Waals surface area contributed by atoms with Crippen molar-refractivity contribution >= 4 is 17.2 Å². The molecule has 1 saturated heterocycles. The zero-order valence-corrected chi connectivity index (χ0v) is 9.48. The molecule has 3 rings (SSSR count). The molecule has 0 saturated carbocycles. The van der Waals surface area contributed by atoms with Crippen LogP contribution in [0.5, 0.6) is 0 Å². The van der Waals surface area contributed by atoms with Crippen molar-refractivity contribution in [2.24, 2.45) is 0 Å². The summed E-state index contributed by atoms with van der Waals surface area (Å²) < 4.78 is 1.75. The molecule has 2 aromatic rings. The Morgan fingerprint density at radius 3 is 3.12 bits per heavy atom. The molecule has 2 aromatic heterocycles. The summed E-state index contributed by atoms with van der Waals surface area (Å²) in [6.45, 7) is 2.02. The summed E-state index contributed by atoms with van der Waals surface area (Å²) in [5.74, 6) is 1.29. The molecule has 0 spiro atoms. The van der Waals surface area contributed by atoms with Gasteiger partial charge < -0.3 is 5.32 Å². The van der Waals surface area contributed by atoms with Crippen molar-refractivity contribution in [1.29, 1.82) is 0 Å². The molecule has 6 heteroatoms. The molecule has 0 radical (unpaired) electrons. The second-order valence-electron chi connectivity index (χ2n) is 4.03. The number of rotatable bonds is 1. The van der Waals surface area contributed by atoms with E-state index in [2.05, 4.69) is 20.6 Å². The van der Waals surface area contributed by atoms with Crippen molar-refractivity contribution in [2.45, 2.75) is 18.8 Å². The van der Waals surface area contributed by atoms with Crippen LogP contribution >= 0.6 is 11.6 Å². The number of hydrogen-bond donors (Lipinski definition) is 1. The SMILES string of the molecule is Clc1ccc2nnc(C3CCCNC3)n2n1. The molecule has 0 aromatic carbocycles. The van der Waals surface area contributed by atoms with Gasteiger partial charge in [0.15, 0.2) is 11.5 Å². The van der Waals surface area contributed by atoms with E-state index in [1.807, 2.05) is 6.07 Å². The van der Waals surface area contributed by atoms with E-state index >= 15 is 0 Å². The second kappa shape index (κ2) is 3.99. The van der Waals surface area contributed by atoms with Gasteiger partial charge in [-0.25, -0.2) is 0 Å².